The Labute approximate surface area is 100 Å². The highest BCUT2D eigenvalue weighted by molar-refractivity contribution is 5.95. The van der Waals surface area contributed by atoms with Crippen LogP contribution in [-0.4, -0.2) is 23.5 Å². The van der Waals surface area contributed by atoms with Crippen LogP contribution in [0.15, 0.2) is 23.4 Å². The number of carbonyl (C=O) groups is 1. The summed E-state index contributed by atoms with van der Waals surface area (Å²) in [7, 11) is 0. The van der Waals surface area contributed by atoms with Gasteiger partial charge in [-0.3, -0.25) is 4.79 Å². The molecule has 0 aliphatic carbocycles. The highest BCUT2D eigenvalue weighted by Crippen LogP contribution is 2.10. The molecule has 1 aromatic carbocycles. The number of rotatable bonds is 4. The standard InChI is InChI=1S/C12H17N3O2/c1-8-3-4-10(9(2)7-8)12(16)14-6-5-11(13)15-17/h3-4,7,17H,5-6H2,1-2H3,(H2,13,15)(H,14,16). The van der Waals surface area contributed by atoms with Gasteiger partial charge in [-0.1, -0.05) is 22.9 Å². The molecule has 0 fully saturated rings. The Hall–Kier alpha value is -2.04. The van der Waals surface area contributed by atoms with E-state index in [1.165, 1.54) is 0 Å². The van der Waals surface area contributed by atoms with Crippen molar-refractivity contribution in [3.05, 3.63) is 34.9 Å². The maximum Gasteiger partial charge on any atom is 0.251 e. The van der Waals surface area contributed by atoms with Gasteiger partial charge < -0.3 is 16.3 Å². The minimum absolute atomic E-state index is 0.103. The van der Waals surface area contributed by atoms with Gasteiger partial charge in [-0.25, -0.2) is 0 Å². The van der Waals surface area contributed by atoms with Crippen molar-refractivity contribution >= 4 is 11.7 Å². The summed E-state index contributed by atoms with van der Waals surface area (Å²) in [4.78, 5) is 11.8. The topological polar surface area (TPSA) is 87.7 Å². The molecular formula is C12H17N3O2. The van der Waals surface area contributed by atoms with Crippen LogP contribution in [0, 0.1) is 13.8 Å². The third-order valence-corrected chi connectivity index (χ3v) is 2.42. The molecule has 4 N–H and O–H groups in total. The molecule has 92 valence electrons. The van der Waals surface area contributed by atoms with Crippen LogP contribution in [0.3, 0.4) is 0 Å². The summed E-state index contributed by atoms with van der Waals surface area (Å²) >= 11 is 0. The SMILES string of the molecule is Cc1ccc(C(=O)NCCC(N)=NO)c(C)c1. The number of oxime groups is 1. The van der Waals surface area contributed by atoms with Crippen LogP contribution in [0.2, 0.25) is 0 Å². The van der Waals surface area contributed by atoms with Crippen molar-refractivity contribution in [1.82, 2.24) is 5.32 Å². The molecule has 0 spiro atoms. The van der Waals surface area contributed by atoms with E-state index in [0.717, 1.165) is 11.1 Å². The Bertz CT molecular complexity index is 441. The van der Waals surface area contributed by atoms with Crippen LogP contribution in [0.25, 0.3) is 0 Å². The molecular weight excluding hydrogens is 218 g/mol. The molecule has 0 bridgehead atoms. The third-order valence-electron chi connectivity index (χ3n) is 2.42. The lowest BCUT2D eigenvalue weighted by Gasteiger charge is -2.07. The van der Waals surface area contributed by atoms with E-state index in [-0.39, 0.29) is 11.7 Å². The summed E-state index contributed by atoms with van der Waals surface area (Å²) in [6.07, 6.45) is 0.327. The monoisotopic (exact) mass is 235 g/mol. The number of nitrogens with zero attached hydrogens (tertiary/aromatic N) is 1. The summed E-state index contributed by atoms with van der Waals surface area (Å²) in [5, 5.41) is 13.9. The third kappa shape index (κ3) is 3.79. The fourth-order valence-corrected chi connectivity index (χ4v) is 1.52. The van der Waals surface area contributed by atoms with E-state index in [1.807, 2.05) is 26.0 Å². The van der Waals surface area contributed by atoms with Crippen LogP contribution in [-0.2, 0) is 0 Å². The molecule has 0 aliphatic rings. The van der Waals surface area contributed by atoms with Gasteiger partial charge in [0.2, 0.25) is 0 Å². The fraction of sp³-hybridized carbons (Fsp3) is 0.333. The smallest absolute Gasteiger partial charge is 0.251 e. The second kappa shape index (κ2) is 5.89. The average molecular weight is 235 g/mol. The zero-order valence-corrected chi connectivity index (χ0v) is 10.0. The lowest BCUT2D eigenvalue weighted by atomic mass is 10.1. The van der Waals surface area contributed by atoms with Gasteiger partial charge in [-0.05, 0) is 25.5 Å². The number of hydrogen-bond acceptors (Lipinski definition) is 3. The van der Waals surface area contributed by atoms with Crippen LogP contribution in [0.4, 0.5) is 0 Å². The van der Waals surface area contributed by atoms with Crippen molar-refractivity contribution < 1.29 is 10.0 Å². The molecule has 0 unspecified atom stereocenters. The summed E-state index contributed by atoms with van der Waals surface area (Å²) < 4.78 is 0. The van der Waals surface area contributed by atoms with Crippen molar-refractivity contribution in [2.75, 3.05) is 6.54 Å². The first-order valence-electron chi connectivity index (χ1n) is 5.36. The van der Waals surface area contributed by atoms with Crippen LogP contribution < -0.4 is 11.1 Å². The van der Waals surface area contributed by atoms with Gasteiger partial charge in [0.25, 0.3) is 5.91 Å². The number of hydrogen-bond donors (Lipinski definition) is 3. The van der Waals surface area contributed by atoms with Gasteiger partial charge in [0.1, 0.15) is 5.84 Å². The fourth-order valence-electron chi connectivity index (χ4n) is 1.52. The molecule has 17 heavy (non-hydrogen) atoms. The molecule has 1 aromatic rings. The summed E-state index contributed by atoms with van der Waals surface area (Å²) in [5.74, 6) is -0.0424. The Morgan fingerprint density at radius 1 is 1.47 bits per heavy atom. The Morgan fingerprint density at radius 3 is 2.76 bits per heavy atom. The maximum atomic E-state index is 11.8. The zero-order chi connectivity index (χ0) is 12.8. The van der Waals surface area contributed by atoms with E-state index in [1.54, 1.807) is 6.07 Å². The number of benzene rings is 1. The van der Waals surface area contributed by atoms with E-state index < -0.39 is 0 Å². The van der Waals surface area contributed by atoms with Crippen molar-refractivity contribution in [3.8, 4) is 0 Å². The number of aryl methyl sites for hydroxylation is 2. The van der Waals surface area contributed by atoms with E-state index in [0.29, 0.717) is 18.5 Å². The first-order valence-corrected chi connectivity index (χ1v) is 5.36. The Morgan fingerprint density at radius 2 is 2.18 bits per heavy atom. The minimum atomic E-state index is -0.145. The zero-order valence-electron chi connectivity index (χ0n) is 10.0. The lowest BCUT2D eigenvalue weighted by Crippen LogP contribution is -2.28. The van der Waals surface area contributed by atoms with E-state index in [4.69, 9.17) is 10.9 Å². The normalized spacial score (nSPS) is 11.3. The summed E-state index contributed by atoms with van der Waals surface area (Å²) in [6, 6.07) is 5.65. The van der Waals surface area contributed by atoms with Gasteiger partial charge >= 0.3 is 0 Å². The van der Waals surface area contributed by atoms with Gasteiger partial charge in [-0.2, -0.15) is 0 Å². The van der Waals surface area contributed by atoms with Gasteiger partial charge in [0.05, 0.1) is 0 Å². The number of amidine groups is 1. The maximum absolute atomic E-state index is 11.8. The second-order valence-electron chi connectivity index (χ2n) is 3.92. The molecule has 0 heterocycles. The van der Waals surface area contributed by atoms with Gasteiger partial charge in [-0.15, -0.1) is 0 Å². The predicted molar refractivity (Wildman–Crippen MR) is 66.3 cm³/mol. The molecule has 0 radical (unpaired) electrons. The van der Waals surface area contributed by atoms with Crippen LogP contribution >= 0.6 is 0 Å². The number of nitrogens with two attached hydrogens (primary N) is 1. The number of amides is 1. The summed E-state index contributed by atoms with van der Waals surface area (Å²) in [6.45, 7) is 4.22. The molecule has 0 aromatic heterocycles. The summed E-state index contributed by atoms with van der Waals surface area (Å²) in [5.41, 5.74) is 8.00. The molecule has 0 aliphatic heterocycles. The van der Waals surface area contributed by atoms with Crippen LogP contribution in [0.5, 0.6) is 0 Å². The largest absolute Gasteiger partial charge is 0.409 e. The first-order chi connectivity index (χ1) is 8.04. The minimum Gasteiger partial charge on any atom is -0.409 e. The van der Waals surface area contributed by atoms with E-state index >= 15 is 0 Å². The van der Waals surface area contributed by atoms with Crippen molar-refractivity contribution in [1.29, 1.82) is 0 Å². The Kier molecular flexibility index (Phi) is 4.51. The second-order valence-corrected chi connectivity index (χ2v) is 3.92. The van der Waals surface area contributed by atoms with Crippen molar-refractivity contribution in [2.24, 2.45) is 10.9 Å². The molecule has 5 heteroatoms. The number of nitrogens with one attached hydrogen (secondary N) is 1. The molecule has 1 amide bonds. The van der Waals surface area contributed by atoms with Crippen molar-refractivity contribution in [3.63, 3.8) is 0 Å². The predicted octanol–water partition coefficient (Wildman–Crippen LogP) is 1.17. The highest BCUT2D eigenvalue weighted by atomic mass is 16.4. The van der Waals surface area contributed by atoms with Gasteiger partial charge in [0.15, 0.2) is 0 Å². The average Bonchev–Trinajstić information content (AvgIpc) is 2.28. The van der Waals surface area contributed by atoms with E-state index in [2.05, 4.69) is 10.5 Å². The Balaban J connectivity index is 2.58. The molecule has 5 nitrogen and oxygen atoms in total. The van der Waals surface area contributed by atoms with E-state index in [9.17, 15) is 4.79 Å². The van der Waals surface area contributed by atoms with Crippen LogP contribution in [0.1, 0.15) is 27.9 Å². The highest BCUT2D eigenvalue weighted by Gasteiger charge is 2.08. The molecule has 1 rings (SSSR count). The van der Waals surface area contributed by atoms with Gasteiger partial charge in [0, 0.05) is 18.5 Å². The lowest BCUT2D eigenvalue weighted by molar-refractivity contribution is 0.0954. The molecule has 0 atom stereocenters. The first kappa shape index (κ1) is 13.0. The number of carbonyl (C=O) groups excluding carboxylic acids is 1. The molecule has 0 saturated carbocycles. The van der Waals surface area contributed by atoms with Crippen molar-refractivity contribution in [2.45, 2.75) is 20.3 Å². The molecule has 0 saturated heterocycles. The quantitative estimate of drug-likeness (QED) is 0.317.